The fourth-order valence-corrected chi connectivity index (χ4v) is 3.80. The third kappa shape index (κ3) is 3.66. The smallest absolute Gasteiger partial charge is 0.211 e. The predicted octanol–water partition coefficient (Wildman–Crippen LogP) is 3.35. The largest absolute Gasteiger partial charge is 0.242 e. The number of halogens is 1. The van der Waals surface area contributed by atoms with Gasteiger partial charge in [0, 0.05) is 12.4 Å². The van der Waals surface area contributed by atoms with Crippen LogP contribution in [0, 0.1) is 5.92 Å². The van der Waals surface area contributed by atoms with Crippen molar-refractivity contribution in [3.8, 4) is 0 Å². The third-order valence-electron chi connectivity index (χ3n) is 2.97. The van der Waals surface area contributed by atoms with Gasteiger partial charge in [0.2, 0.25) is 10.0 Å². The van der Waals surface area contributed by atoms with Crippen molar-refractivity contribution >= 4 is 44.4 Å². The summed E-state index contributed by atoms with van der Waals surface area (Å²) in [7, 11) is -3.54. The summed E-state index contributed by atoms with van der Waals surface area (Å²) < 4.78 is 35.2. The highest BCUT2D eigenvalue weighted by atomic mass is 35.5. The van der Waals surface area contributed by atoms with E-state index in [-0.39, 0.29) is 4.90 Å². The van der Waals surface area contributed by atoms with Crippen LogP contribution in [0.1, 0.15) is 19.8 Å². The zero-order valence-corrected chi connectivity index (χ0v) is 13.4. The van der Waals surface area contributed by atoms with E-state index < -0.39 is 10.0 Å². The summed E-state index contributed by atoms with van der Waals surface area (Å²) >= 11 is 6.73. The minimum Gasteiger partial charge on any atom is -0.211 e. The van der Waals surface area contributed by atoms with Crippen molar-refractivity contribution in [3.63, 3.8) is 0 Å². The van der Waals surface area contributed by atoms with Gasteiger partial charge in [-0.3, -0.25) is 0 Å². The lowest BCUT2D eigenvalue weighted by Gasteiger charge is -2.10. The molecule has 0 aromatic heterocycles. The second kappa shape index (κ2) is 6.80. The van der Waals surface area contributed by atoms with Gasteiger partial charge in [0.1, 0.15) is 16.3 Å². The van der Waals surface area contributed by atoms with E-state index in [9.17, 15) is 8.42 Å². The normalized spacial score (nSPS) is 14.9. The Balaban J connectivity index is 2.02. The molecule has 0 fully saturated rings. The molecule has 0 bridgehead atoms. The van der Waals surface area contributed by atoms with Crippen LogP contribution in [-0.2, 0) is 21.4 Å². The Kier molecular flexibility index (Phi) is 5.31. The van der Waals surface area contributed by atoms with Gasteiger partial charge < -0.3 is 0 Å². The van der Waals surface area contributed by atoms with Gasteiger partial charge >= 0.3 is 0 Å². The van der Waals surface area contributed by atoms with Crippen LogP contribution in [0.15, 0.2) is 31.8 Å². The quantitative estimate of drug-likeness (QED) is 0.623. The van der Waals surface area contributed by atoms with Crippen LogP contribution in [0.4, 0.5) is 11.4 Å². The number of nitrogens with one attached hydrogen (secondary N) is 1. The molecule has 1 N–H and O–H groups in total. The van der Waals surface area contributed by atoms with Crippen molar-refractivity contribution in [2.45, 2.75) is 24.7 Å². The molecule has 0 radical (unpaired) electrons. The second-order valence-electron chi connectivity index (χ2n) is 4.69. The molecule has 1 aromatic carbocycles. The Hall–Kier alpha value is -0.760. The van der Waals surface area contributed by atoms with Crippen LogP contribution >= 0.6 is 11.6 Å². The number of benzene rings is 1. The highest BCUT2D eigenvalue weighted by Crippen LogP contribution is 2.37. The van der Waals surface area contributed by atoms with Gasteiger partial charge in [0.15, 0.2) is 0 Å². The molecule has 1 aliphatic heterocycles. The van der Waals surface area contributed by atoms with Gasteiger partial charge in [-0.2, -0.15) is 8.73 Å². The number of nitrogens with zero attached hydrogens (tertiary/aromatic N) is 2. The van der Waals surface area contributed by atoms with E-state index in [2.05, 4.69) is 13.4 Å². The first-order valence-corrected chi connectivity index (χ1v) is 9.06. The topological polar surface area (TPSA) is 70.9 Å². The maximum Gasteiger partial charge on any atom is 0.242 e. The molecule has 1 atom stereocenters. The summed E-state index contributed by atoms with van der Waals surface area (Å²) in [6.07, 6.45) is 1.66. The highest BCUT2D eigenvalue weighted by molar-refractivity contribution is 7.89. The molecule has 0 spiro atoms. The molecule has 1 aromatic rings. The average Bonchev–Trinajstić information content (AvgIpc) is 2.91. The molecule has 0 saturated carbocycles. The molecule has 20 heavy (non-hydrogen) atoms. The minimum atomic E-state index is -3.54. The molecule has 0 aliphatic carbocycles. The summed E-state index contributed by atoms with van der Waals surface area (Å²) in [5, 5.41) is 0. The van der Waals surface area contributed by atoms with E-state index in [0.717, 1.165) is 24.2 Å². The van der Waals surface area contributed by atoms with Gasteiger partial charge in [-0.1, -0.05) is 13.0 Å². The molecule has 1 unspecified atom stereocenters. The van der Waals surface area contributed by atoms with Gasteiger partial charge in [0.05, 0.1) is 11.4 Å². The lowest BCUT2D eigenvalue weighted by Crippen LogP contribution is -2.25. The first-order chi connectivity index (χ1) is 9.54. The van der Waals surface area contributed by atoms with Crippen molar-refractivity contribution in [2.24, 2.45) is 14.6 Å². The van der Waals surface area contributed by atoms with Crippen LogP contribution < -0.4 is 4.72 Å². The summed E-state index contributed by atoms with van der Waals surface area (Å²) in [4.78, 5) is 0.189. The van der Waals surface area contributed by atoms with Gasteiger partial charge in [-0.25, -0.2) is 13.1 Å². The van der Waals surface area contributed by atoms with E-state index >= 15 is 0 Å². The first kappa shape index (κ1) is 15.6. The predicted molar refractivity (Wildman–Crippen MR) is 82.3 cm³/mol. The molecule has 0 saturated heterocycles. The average molecular weight is 334 g/mol. The number of rotatable bonds is 7. The third-order valence-corrected chi connectivity index (χ3v) is 5.53. The summed E-state index contributed by atoms with van der Waals surface area (Å²) in [6, 6.07) is 4.97. The Bertz CT molecular complexity index is 655. The van der Waals surface area contributed by atoms with E-state index in [4.69, 9.17) is 11.6 Å². The SMILES string of the molecule is CC(CCl)CCCNS(=O)(=O)c1cccc2c1N=S=N2. The van der Waals surface area contributed by atoms with E-state index in [1.54, 1.807) is 18.2 Å². The van der Waals surface area contributed by atoms with E-state index in [0.29, 0.717) is 29.7 Å². The molecule has 2 rings (SSSR count). The minimum absolute atomic E-state index is 0.189. The summed E-state index contributed by atoms with van der Waals surface area (Å²) in [5.74, 6) is 0.989. The number of hydrogen-bond acceptors (Lipinski definition) is 4. The highest BCUT2D eigenvalue weighted by Gasteiger charge is 2.21. The van der Waals surface area contributed by atoms with E-state index in [1.807, 2.05) is 6.92 Å². The molecular formula is C12H16ClN3O2S2. The summed E-state index contributed by atoms with van der Waals surface area (Å²) in [6.45, 7) is 2.45. The zero-order chi connectivity index (χ0) is 14.6. The van der Waals surface area contributed by atoms with Gasteiger partial charge in [0.25, 0.3) is 0 Å². The second-order valence-corrected chi connectivity index (χ2v) is 7.26. The number of sulfonamides is 1. The van der Waals surface area contributed by atoms with Crippen LogP contribution in [0.5, 0.6) is 0 Å². The molecule has 110 valence electrons. The first-order valence-electron chi connectivity index (χ1n) is 6.31. The van der Waals surface area contributed by atoms with Crippen molar-refractivity contribution in [3.05, 3.63) is 18.2 Å². The lowest BCUT2D eigenvalue weighted by molar-refractivity contribution is 0.543. The van der Waals surface area contributed by atoms with Crippen LogP contribution in [-0.4, -0.2) is 20.8 Å². The monoisotopic (exact) mass is 333 g/mol. The number of hydrogen-bond donors (Lipinski definition) is 1. The van der Waals surface area contributed by atoms with Gasteiger partial charge in [-0.05, 0) is 30.9 Å². The maximum absolute atomic E-state index is 12.3. The Labute approximate surface area is 127 Å². The fraction of sp³-hybridized carbons (Fsp3) is 0.500. The van der Waals surface area contributed by atoms with Crippen LogP contribution in [0.3, 0.4) is 0 Å². The fourth-order valence-electron chi connectivity index (χ4n) is 1.81. The maximum atomic E-state index is 12.3. The standard InChI is InChI=1S/C12H16ClN3O2S2/c1-9(8-13)4-3-7-14-20(17,18)11-6-2-5-10-12(11)16-19-15-10/h2,5-6,9,14H,3-4,7-8H2,1H3. The van der Waals surface area contributed by atoms with Crippen molar-refractivity contribution in [1.82, 2.24) is 4.72 Å². The molecule has 1 heterocycles. The number of fused-ring (bicyclic) bond motifs is 1. The number of alkyl halides is 1. The van der Waals surface area contributed by atoms with Crippen LogP contribution in [0.25, 0.3) is 0 Å². The van der Waals surface area contributed by atoms with Crippen molar-refractivity contribution in [2.75, 3.05) is 12.4 Å². The van der Waals surface area contributed by atoms with Crippen molar-refractivity contribution < 1.29 is 8.42 Å². The zero-order valence-electron chi connectivity index (χ0n) is 11.0. The molecule has 0 amide bonds. The Morgan fingerprint density at radius 2 is 2.20 bits per heavy atom. The van der Waals surface area contributed by atoms with Crippen molar-refractivity contribution in [1.29, 1.82) is 0 Å². The Morgan fingerprint density at radius 3 is 2.95 bits per heavy atom. The lowest BCUT2D eigenvalue weighted by atomic mass is 10.1. The molecule has 1 aliphatic rings. The van der Waals surface area contributed by atoms with E-state index in [1.165, 1.54) is 0 Å². The Morgan fingerprint density at radius 1 is 1.40 bits per heavy atom. The summed E-state index contributed by atoms with van der Waals surface area (Å²) in [5.41, 5.74) is 1.03. The molecule has 8 heteroatoms. The van der Waals surface area contributed by atoms with Gasteiger partial charge in [-0.15, -0.1) is 11.6 Å². The molecule has 5 nitrogen and oxygen atoms in total. The van der Waals surface area contributed by atoms with Crippen LogP contribution in [0.2, 0.25) is 0 Å². The molecular weight excluding hydrogens is 318 g/mol.